The molecule has 3 aromatic carbocycles. The number of rotatable bonds is 4. The largest absolute Gasteiger partial charge is 0.496 e. The van der Waals surface area contributed by atoms with Crippen LogP contribution in [0.1, 0.15) is 11.6 Å². The summed E-state index contributed by atoms with van der Waals surface area (Å²) in [6.45, 7) is 0. The van der Waals surface area contributed by atoms with E-state index in [0.717, 1.165) is 15.7 Å². The van der Waals surface area contributed by atoms with Gasteiger partial charge in [0.2, 0.25) is 5.91 Å². The van der Waals surface area contributed by atoms with Crippen LogP contribution in [-0.4, -0.2) is 25.0 Å². The van der Waals surface area contributed by atoms with Crippen molar-refractivity contribution in [3.05, 3.63) is 87.9 Å². The molecule has 0 unspecified atom stereocenters. The van der Waals surface area contributed by atoms with Gasteiger partial charge in [0.25, 0.3) is 5.91 Å². The number of hydrogen-bond acceptors (Lipinski definition) is 5. The molecule has 0 aliphatic carbocycles. The molecule has 0 saturated carbocycles. The fourth-order valence-corrected chi connectivity index (χ4v) is 4.90. The summed E-state index contributed by atoms with van der Waals surface area (Å²) < 4.78 is 6.43. The molecule has 3 atom stereocenters. The van der Waals surface area contributed by atoms with Crippen LogP contribution in [0.5, 0.6) is 5.75 Å². The zero-order chi connectivity index (χ0) is 22.4. The second kappa shape index (κ2) is 8.24. The van der Waals surface area contributed by atoms with Crippen LogP contribution in [0.15, 0.2) is 77.3 Å². The number of carbonyl (C=O) groups excluding carboxylic acids is 2. The molecule has 0 spiro atoms. The number of halogens is 2. The van der Waals surface area contributed by atoms with E-state index in [9.17, 15) is 9.59 Å². The molecule has 6 nitrogen and oxygen atoms in total. The summed E-state index contributed by atoms with van der Waals surface area (Å²) in [6.07, 6.45) is -0.963. The zero-order valence-corrected chi connectivity index (χ0v) is 19.3. The Kier molecular flexibility index (Phi) is 5.41. The lowest BCUT2D eigenvalue weighted by Gasteiger charge is -2.29. The first-order valence-corrected chi connectivity index (χ1v) is 11.1. The molecule has 2 fully saturated rings. The Bertz CT molecular complexity index is 1210. The molecule has 2 saturated heterocycles. The van der Waals surface area contributed by atoms with Crippen LogP contribution in [0.4, 0.5) is 11.4 Å². The summed E-state index contributed by atoms with van der Waals surface area (Å²) >= 11 is 9.63. The monoisotopic (exact) mass is 512 g/mol. The molecule has 5 rings (SSSR count). The van der Waals surface area contributed by atoms with Gasteiger partial charge in [0.15, 0.2) is 6.10 Å². The molecule has 0 aromatic heterocycles. The Hall–Kier alpha value is -2.87. The Morgan fingerprint density at radius 1 is 0.938 bits per heavy atom. The van der Waals surface area contributed by atoms with E-state index in [1.807, 2.05) is 48.5 Å². The van der Waals surface area contributed by atoms with E-state index in [1.165, 1.54) is 4.90 Å². The number of amides is 2. The molecule has 0 bridgehead atoms. The fraction of sp³-hybridized carbons (Fsp3) is 0.167. The number of carbonyl (C=O) groups is 2. The Morgan fingerprint density at radius 3 is 2.41 bits per heavy atom. The van der Waals surface area contributed by atoms with Gasteiger partial charge in [-0.2, -0.15) is 0 Å². The van der Waals surface area contributed by atoms with E-state index in [0.29, 0.717) is 16.5 Å². The van der Waals surface area contributed by atoms with Crippen molar-refractivity contribution in [2.45, 2.75) is 12.1 Å². The molecule has 32 heavy (non-hydrogen) atoms. The molecule has 2 amide bonds. The molecule has 8 heteroatoms. The van der Waals surface area contributed by atoms with Crippen LogP contribution < -0.4 is 14.7 Å². The Balaban J connectivity index is 1.64. The molecule has 2 aliphatic heterocycles. The van der Waals surface area contributed by atoms with E-state index >= 15 is 0 Å². The SMILES string of the molecule is COc1ccc(Br)cc1[C@H]1[C@@H]2C(=O)N(c3cccc(Cl)c3)C(=O)[C@H]2ON1c1ccccc1. The molecule has 3 aromatic rings. The van der Waals surface area contributed by atoms with Crippen LogP contribution in [0, 0.1) is 5.92 Å². The predicted octanol–water partition coefficient (Wildman–Crippen LogP) is 5.16. The zero-order valence-electron chi connectivity index (χ0n) is 16.9. The van der Waals surface area contributed by atoms with Gasteiger partial charge >= 0.3 is 0 Å². The van der Waals surface area contributed by atoms with Crippen molar-refractivity contribution in [1.82, 2.24) is 0 Å². The number of hydrogen-bond donors (Lipinski definition) is 0. The number of fused-ring (bicyclic) bond motifs is 1. The lowest BCUT2D eigenvalue weighted by atomic mass is 9.90. The van der Waals surface area contributed by atoms with Crippen molar-refractivity contribution in [1.29, 1.82) is 0 Å². The summed E-state index contributed by atoms with van der Waals surface area (Å²) in [5.41, 5.74) is 1.91. The highest BCUT2D eigenvalue weighted by atomic mass is 79.9. The van der Waals surface area contributed by atoms with Gasteiger partial charge in [-0.3, -0.25) is 14.4 Å². The van der Waals surface area contributed by atoms with Gasteiger partial charge in [0.05, 0.1) is 24.5 Å². The standard InChI is InChI=1S/C24H18BrClN2O4/c1-31-19-11-10-14(25)12-18(19)21-20-22(32-28(21)16-7-3-2-4-8-16)24(30)27(23(20)29)17-9-5-6-15(26)13-17/h2-13,20-22H,1H3/t20-,21-,22-/m0/s1. The maximum atomic E-state index is 13.7. The van der Waals surface area contributed by atoms with Gasteiger partial charge in [-0.1, -0.05) is 51.8 Å². The molecule has 0 radical (unpaired) electrons. The number of ether oxygens (including phenoxy) is 1. The van der Waals surface area contributed by atoms with E-state index in [1.54, 1.807) is 36.4 Å². The lowest BCUT2D eigenvalue weighted by Crippen LogP contribution is -2.37. The normalized spacial score (nSPS) is 22.4. The first-order chi connectivity index (χ1) is 15.5. The number of imide groups is 1. The van der Waals surface area contributed by atoms with Gasteiger partial charge < -0.3 is 4.74 Å². The number of anilines is 2. The van der Waals surface area contributed by atoms with E-state index in [-0.39, 0.29) is 5.91 Å². The molecular weight excluding hydrogens is 496 g/mol. The molecule has 162 valence electrons. The maximum absolute atomic E-state index is 13.7. The van der Waals surface area contributed by atoms with Crippen LogP contribution in [-0.2, 0) is 14.4 Å². The number of para-hydroxylation sites is 1. The topological polar surface area (TPSA) is 59.1 Å². The summed E-state index contributed by atoms with van der Waals surface area (Å²) in [6, 6.07) is 21.1. The average Bonchev–Trinajstić information content (AvgIpc) is 3.30. The van der Waals surface area contributed by atoms with Gasteiger partial charge in [-0.25, -0.2) is 9.96 Å². The van der Waals surface area contributed by atoms with Crippen molar-refractivity contribution < 1.29 is 19.2 Å². The highest BCUT2D eigenvalue weighted by Crippen LogP contribution is 2.50. The molecular formula is C24H18BrClN2O4. The van der Waals surface area contributed by atoms with Crippen molar-refractivity contribution >= 4 is 50.7 Å². The van der Waals surface area contributed by atoms with Crippen LogP contribution >= 0.6 is 27.5 Å². The molecule has 2 aliphatic rings. The summed E-state index contributed by atoms with van der Waals surface area (Å²) in [4.78, 5) is 34.3. The Morgan fingerprint density at radius 2 is 1.69 bits per heavy atom. The molecule has 2 heterocycles. The molecule has 0 N–H and O–H groups in total. The second-order valence-electron chi connectivity index (χ2n) is 7.54. The van der Waals surface area contributed by atoms with Gasteiger partial charge in [-0.05, 0) is 48.5 Å². The highest BCUT2D eigenvalue weighted by molar-refractivity contribution is 9.10. The van der Waals surface area contributed by atoms with Gasteiger partial charge in [0.1, 0.15) is 11.7 Å². The summed E-state index contributed by atoms with van der Waals surface area (Å²) in [5.74, 6) is -0.915. The smallest absolute Gasteiger partial charge is 0.266 e. The third-order valence-electron chi connectivity index (χ3n) is 5.70. The first kappa shape index (κ1) is 21.0. The summed E-state index contributed by atoms with van der Waals surface area (Å²) in [7, 11) is 1.58. The quantitative estimate of drug-likeness (QED) is 0.451. The fourth-order valence-electron chi connectivity index (χ4n) is 4.34. The highest BCUT2D eigenvalue weighted by Gasteiger charge is 2.60. The minimum atomic E-state index is -0.963. The van der Waals surface area contributed by atoms with Crippen LogP contribution in [0.2, 0.25) is 5.02 Å². The van der Waals surface area contributed by atoms with Crippen LogP contribution in [0.25, 0.3) is 0 Å². The average molecular weight is 514 g/mol. The minimum absolute atomic E-state index is 0.340. The predicted molar refractivity (Wildman–Crippen MR) is 125 cm³/mol. The van der Waals surface area contributed by atoms with Gasteiger partial charge in [-0.15, -0.1) is 0 Å². The van der Waals surface area contributed by atoms with E-state index in [2.05, 4.69) is 15.9 Å². The van der Waals surface area contributed by atoms with Crippen LogP contribution in [0.3, 0.4) is 0 Å². The van der Waals surface area contributed by atoms with E-state index < -0.39 is 24.0 Å². The van der Waals surface area contributed by atoms with Crippen molar-refractivity contribution in [3.8, 4) is 5.75 Å². The van der Waals surface area contributed by atoms with Gasteiger partial charge in [0, 0.05) is 15.1 Å². The Labute approximate surface area is 198 Å². The van der Waals surface area contributed by atoms with E-state index in [4.69, 9.17) is 21.2 Å². The number of methoxy groups -OCH3 is 1. The maximum Gasteiger partial charge on any atom is 0.266 e. The minimum Gasteiger partial charge on any atom is -0.496 e. The number of hydroxylamine groups is 1. The first-order valence-electron chi connectivity index (χ1n) is 9.97. The van der Waals surface area contributed by atoms with Crippen molar-refractivity contribution in [2.24, 2.45) is 5.92 Å². The lowest BCUT2D eigenvalue weighted by molar-refractivity contribution is -0.126. The third-order valence-corrected chi connectivity index (χ3v) is 6.43. The van der Waals surface area contributed by atoms with Crippen molar-refractivity contribution in [3.63, 3.8) is 0 Å². The van der Waals surface area contributed by atoms with Crippen molar-refractivity contribution in [2.75, 3.05) is 17.1 Å². The summed E-state index contributed by atoms with van der Waals surface area (Å²) in [5, 5.41) is 2.09. The number of benzene rings is 3. The number of nitrogens with zero attached hydrogens (tertiary/aromatic N) is 2. The third kappa shape index (κ3) is 3.37. The second-order valence-corrected chi connectivity index (χ2v) is 8.89.